The molecular formula is C15H23N2O4+. The molecule has 116 valence electrons. The molecule has 1 fully saturated rings. The van der Waals surface area contributed by atoms with Gasteiger partial charge in [-0.05, 0) is 31.4 Å². The van der Waals surface area contributed by atoms with E-state index in [0.717, 1.165) is 39.1 Å². The van der Waals surface area contributed by atoms with E-state index in [9.17, 15) is 10.1 Å². The fourth-order valence-electron chi connectivity index (χ4n) is 2.42. The van der Waals surface area contributed by atoms with Gasteiger partial charge < -0.3 is 14.4 Å². The van der Waals surface area contributed by atoms with E-state index in [-0.39, 0.29) is 5.69 Å². The predicted octanol–water partition coefficient (Wildman–Crippen LogP) is 1.06. The summed E-state index contributed by atoms with van der Waals surface area (Å²) in [6.45, 7) is 5.90. The summed E-state index contributed by atoms with van der Waals surface area (Å²) in [5.41, 5.74) is 0.0934. The molecule has 0 radical (unpaired) electrons. The Labute approximate surface area is 124 Å². The Morgan fingerprint density at radius 3 is 2.52 bits per heavy atom. The molecule has 0 amide bonds. The second-order valence-electron chi connectivity index (χ2n) is 5.27. The predicted molar refractivity (Wildman–Crippen MR) is 78.8 cm³/mol. The van der Waals surface area contributed by atoms with Gasteiger partial charge in [0.2, 0.25) is 0 Å². The molecule has 6 nitrogen and oxygen atoms in total. The Morgan fingerprint density at radius 1 is 1.14 bits per heavy atom. The van der Waals surface area contributed by atoms with Crippen LogP contribution < -0.4 is 9.64 Å². The number of benzene rings is 1. The standard InChI is InChI=1S/C15H22N2O4/c18-17(19)14-4-6-15(7-5-14)21-11-3-1-2-8-16-9-12-20-13-10-16/h4-7H,1-3,8-13H2/p+1. The van der Waals surface area contributed by atoms with Crippen LogP contribution in [0.3, 0.4) is 0 Å². The highest BCUT2D eigenvalue weighted by Crippen LogP contribution is 2.17. The zero-order chi connectivity index (χ0) is 14.9. The van der Waals surface area contributed by atoms with Crippen LogP contribution in [0.5, 0.6) is 5.75 Å². The van der Waals surface area contributed by atoms with E-state index in [1.165, 1.54) is 25.1 Å². The molecule has 1 aromatic rings. The molecule has 0 saturated carbocycles. The maximum absolute atomic E-state index is 10.5. The van der Waals surface area contributed by atoms with Crippen molar-refractivity contribution in [2.24, 2.45) is 0 Å². The molecule has 1 aromatic carbocycles. The Bertz CT molecular complexity index is 430. The van der Waals surface area contributed by atoms with Gasteiger partial charge >= 0.3 is 0 Å². The van der Waals surface area contributed by atoms with Gasteiger partial charge in [-0.15, -0.1) is 0 Å². The smallest absolute Gasteiger partial charge is 0.269 e. The first-order valence-electron chi connectivity index (χ1n) is 7.54. The zero-order valence-corrected chi connectivity index (χ0v) is 12.3. The lowest BCUT2D eigenvalue weighted by atomic mass is 10.2. The summed E-state index contributed by atoms with van der Waals surface area (Å²) in [5.74, 6) is 0.694. The van der Waals surface area contributed by atoms with Crippen molar-refractivity contribution in [1.82, 2.24) is 0 Å². The molecule has 21 heavy (non-hydrogen) atoms. The molecule has 0 unspecified atom stereocenters. The quantitative estimate of drug-likeness (QED) is 0.442. The number of nitro groups is 1. The van der Waals surface area contributed by atoms with Gasteiger partial charge in [0, 0.05) is 12.1 Å². The van der Waals surface area contributed by atoms with Gasteiger partial charge in [0.15, 0.2) is 0 Å². The van der Waals surface area contributed by atoms with E-state index >= 15 is 0 Å². The summed E-state index contributed by atoms with van der Waals surface area (Å²) in [5, 5.41) is 10.5. The van der Waals surface area contributed by atoms with Crippen LogP contribution in [-0.4, -0.2) is 44.4 Å². The Hall–Kier alpha value is -1.66. The van der Waals surface area contributed by atoms with E-state index in [1.807, 2.05) is 0 Å². The number of morpholine rings is 1. The zero-order valence-electron chi connectivity index (χ0n) is 12.3. The maximum atomic E-state index is 10.5. The second-order valence-corrected chi connectivity index (χ2v) is 5.27. The van der Waals surface area contributed by atoms with Crippen molar-refractivity contribution < 1.29 is 19.3 Å². The number of nitrogens with one attached hydrogen (secondary N) is 1. The molecule has 1 N–H and O–H groups in total. The van der Waals surface area contributed by atoms with Crippen molar-refractivity contribution in [3.8, 4) is 5.75 Å². The second kappa shape index (κ2) is 8.59. The summed E-state index contributed by atoms with van der Waals surface area (Å²) in [6.07, 6.45) is 3.37. The van der Waals surface area contributed by atoms with Gasteiger partial charge in [-0.25, -0.2) is 0 Å². The van der Waals surface area contributed by atoms with Crippen LogP contribution in [0.25, 0.3) is 0 Å². The normalized spacial score (nSPS) is 15.8. The molecule has 0 spiro atoms. The van der Waals surface area contributed by atoms with E-state index in [4.69, 9.17) is 9.47 Å². The topological polar surface area (TPSA) is 66.0 Å². The van der Waals surface area contributed by atoms with Crippen molar-refractivity contribution in [2.75, 3.05) is 39.5 Å². The summed E-state index contributed by atoms with van der Waals surface area (Å²) in [4.78, 5) is 11.8. The third kappa shape index (κ3) is 5.69. The minimum Gasteiger partial charge on any atom is -0.494 e. The summed E-state index contributed by atoms with van der Waals surface area (Å²) in [6, 6.07) is 6.24. The summed E-state index contributed by atoms with van der Waals surface area (Å²) >= 11 is 0. The van der Waals surface area contributed by atoms with Crippen molar-refractivity contribution in [3.63, 3.8) is 0 Å². The third-order valence-corrected chi connectivity index (χ3v) is 3.69. The molecule has 1 aliphatic heterocycles. The third-order valence-electron chi connectivity index (χ3n) is 3.69. The first-order valence-corrected chi connectivity index (χ1v) is 7.54. The lowest BCUT2D eigenvalue weighted by molar-refractivity contribution is -0.908. The number of nitrogens with zero attached hydrogens (tertiary/aromatic N) is 1. The molecule has 1 aliphatic rings. The first-order chi connectivity index (χ1) is 10.3. The van der Waals surface area contributed by atoms with Crippen LogP contribution in [0, 0.1) is 10.1 Å². The van der Waals surface area contributed by atoms with Crippen molar-refractivity contribution in [1.29, 1.82) is 0 Å². The largest absolute Gasteiger partial charge is 0.494 e. The van der Waals surface area contributed by atoms with E-state index in [1.54, 1.807) is 17.0 Å². The van der Waals surface area contributed by atoms with Crippen molar-refractivity contribution in [3.05, 3.63) is 34.4 Å². The number of hydrogen-bond acceptors (Lipinski definition) is 4. The van der Waals surface area contributed by atoms with Crippen LogP contribution in [0.2, 0.25) is 0 Å². The first kappa shape index (κ1) is 15.7. The number of quaternary nitrogens is 1. The Kier molecular flexibility index (Phi) is 6.43. The van der Waals surface area contributed by atoms with Gasteiger partial charge in [-0.3, -0.25) is 10.1 Å². The number of unbranched alkanes of at least 4 members (excludes halogenated alkanes) is 2. The number of nitro benzene ring substituents is 1. The van der Waals surface area contributed by atoms with Crippen LogP contribution in [0.15, 0.2) is 24.3 Å². The van der Waals surface area contributed by atoms with Crippen LogP contribution >= 0.6 is 0 Å². The highest BCUT2D eigenvalue weighted by atomic mass is 16.6. The van der Waals surface area contributed by atoms with E-state index in [2.05, 4.69) is 0 Å². The van der Waals surface area contributed by atoms with Crippen molar-refractivity contribution >= 4 is 5.69 Å². The molecule has 0 aromatic heterocycles. The van der Waals surface area contributed by atoms with Crippen LogP contribution in [-0.2, 0) is 4.74 Å². The minimum atomic E-state index is -0.405. The SMILES string of the molecule is O=[N+]([O-])c1ccc(OCCCCC[NH+]2CCOCC2)cc1. The summed E-state index contributed by atoms with van der Waals surface area (Å²) < 4.78 is 10.9. The molecule has 0 aliphatic carbocycles. The van der Waals surface area contributed by atoms with E-state index < -0.39 is 4.92 Å². The number of rotatable bonds is 8. The lowest BCUT2D eigenvalue weighted by Gasteiger charge is -2.23. The van der Waals surface area contributed by atoms with E-state index in [0.29, 0.717) is 12.4 Å². The molecule has 0 bridgehead atoms. The summed E-state index contributed by atoms with van der Waals surface area (Å²) in [7, 11) is 0. The average molecular weight is 295 g/mol. The van der Waals surface area contributed by atoms with Gasteiger partial charge in [0.1, 0.15) is 18.8 Å². The Balaban J connectivity index is 1.54. The average Bonchev–Trinajstić information content (AvgIpc) is 2.52. The maximum Gasteiger partial charge on any atom is 0.269 e. The monoisotopic (exact) mass is 295 g/mol. The van der Waals surface area contributed by atoms with Gasteiger partial charge in [0.25, 0.3) is 5.69 Å². The van der Waals surface area contributed by atoms with Crippen LogP contribution in [0.4, 0.5) is 5.69 Å². The Morgan fingerprint density at radius 2 is 1.86 bits per heavy atom. The van der Waals surface area contributed by atoms with Crippen molar-refractivity contribution in [2.45, 2.75) is 19.3 Å². The molecule has 1 heterocycles. The fraction of sp³-hybridized carbons (Fsp3) is 0.600. The lowest BCUT2D eigenvalue weighted by Crippen LogP contribution is -3.14. The number of hydrogen-bond donors (Lipinski definition) is 1. The molecule has 6 heteroatoms. The molecular weight excluding hydrogens is 272 g/mol. The number of non-ortho nitro benzene ring substituents is 1. The molecule has 0 atom stereocenters. The van der Waals surface area contributed by atoms with Gasteiger partial charge in [-0.2, -0.15) is 0 Å². The van der Waals surface area contributed by atoms with Gasteiger partial charge in [-0.1, -0.05) is 0 Å². The van der Waals surface area contributed by atoms with Crippen LogP contribution in [0.1, 0.15) is 19.3 Å². The molecule has 1 saturated heterocycles. The number of ether oxygens (including phenoxy) is 2. The minimum absolute atomic E-state index is 0.0934. The highest BCUT2D eigenvalue weighted by molar-refractivity contribution is 5.35. The highest BCUT2D eigenvalue weighted by Gasteiger charge is 2.12. The van der Waals surface area contributed by atoms with Gasteiger partial charge in [0.05, 0.1) is 31.3 Å². The molecule has 2 rings (SSSR count). The fourth-order valence-corrected chi connectivity index (χ4v) is 2.42.